The summed E-state index contributed by atoms with van der Waals surface area (Å²) in [6, 6.07) is 12.6. The van der Waals surface area contributed by atoms with Gasteiger partial charge >= 0.3 is 0 Å². The Bertz CT molecular complexity index is 931. The Kier molecular flexibility index (Phi) is 7.61. The molecule has 1 heterocycles. The molecule has 0 atom stereocenters. The molecule has 0 radical (unpaired) electrons. The maximum absolute atomic E-state index is 12.4. The topological polar surface area (TPSA) is 55.8 Å². The average molecular weight is 452 g/mol. The number of methoxy groups -OCH3 is 1. The Morgan fingerprint density at radius 3 is 2.52 bits per heavy atom. The number of hydrogen-bond donors (Lipinski definition) is 0. The van der Waals surface area contributed by atoms with Crippen molar-refractivity contribution in [3.8, 4) is 5.75 Å². The van der Waals surface area contributed by atoms with Gasteiger partial charge < -0.3 is 9.47 Å². The lowest BCUT2D eigenvalue weighted by Gasteiger charge is -2.11. The second kappa shape index (κ2) is 10.2. The second-order valence-corrected chi connectivity index (χ2v) is 8.09. The number of ether oxygens (including phenoxy) is 2. The molecule has 0 spiro atoms. The molecule has 2 amide bonds. The highest BCUT2D eigenvalue weighted by molar-refractivity contribution is 8.18. The van der Waals surface area contributed by atoms with Gasteiger partial charge in [0, 0.05) is 20.3 Å². The molecule has 1 saturated heterocycles. The van der Waals surface area contributed by atoms with Gasteiger partial charge in [0.1, 0.15) is 12.4 Å². The molecule has 0 unspecified atom stereocenters. The fourth-order valence-electron chi connectivity index (χ4n) is 2.67. The fraction of sp³-hybridized carbons (Fsp3) is 0.238. The summed E-state index contributed by atoms with van der Waals surface area (Å²) in [4.78, 5) is 26.1. The molecular formula is C21H19Cl2NO4S. The number of nitrogens with zero attached hydrogens (tertiary/aromatic N) is 1. The van der Waals surface area contributed by atoms with Crippen molar-refractivity contribution in [1.82, 2.24) is 4.90 Å². The molecule has 29 heavy (non-hydrogen) atoms. The van der Waals surface area contributed by atoms with Crippen LogP contribution in [0.25, 0.3) is 6.08 Å². The summed E-state index contributed by atoms with van der Waals surface area (Å²) < 4.78 is 10.7. The minimum Gasteiger partial charge on any atom is -0.489 e. The molecule has 0 aromatic heterocycles. The number of imide groups is 1. The third-order valence-corrected chi connectivity index (χ3v) is 5.82. The van der Waals surface area contributed by atoms with Crippen LogP contribution in [0.4, 0.5) is 4.79 Å². The van der Waals surface area contributed by atoms with Crippen LogP contribution in [0.5, 0.6) is 5.75 Å². The van der Waals surface area contributed by atoms with E-state index >= 15 is 0 Å². The maximum Gasteiger partial charge on any atom is 0.293 e. The number of thioether (sulfide) groups is 1. The van der Waals surface area contributed by atoms with Gasteiger partial charge in [-0.1, -0.05) is 41.4 Å². The first-order valence-electron chi connectivity index (χ1n) is 8.89. The van der Waals surface area contributed by atoms with Crippen LogP contribution in [0.3, 0.4) is 0 Å². The summed E-state index contributed by atoms with van der Waals surface area (Å²) in [5.74, 6) is 0.414. The SMILES string of the molecule is COCCCN1C(=O)S/C(=C/c2ccc(OCc3ccc(Cl)c(Cl)c3)cc2)C1=O. The van der Waals surface area contributed by atoms with Gasteiger partial charge in [-0.05, 0) is 59.7 Å². The van der Waals surface area contributed by atoms with E-state index in [9.17, 15) is 9.59 Å². The zero-order chi connectivity index (χ0) is 20.8. The van der Waals surface area contributed by atoms with Gasteiger partial charge in [-0.15, -0.1) is 0 Å². The summed E-state index contributed by atoms with van der Waals surface area (Å²) in [6.45, 7) is 1.22. The molecule has 1 aliphatic rings. The van der Waals surface area contributed by atoms with E-state index in [2.05, 4.69) is 0 Å². The summed E-state index contributed by atoms with van der Waals surface area (Å²) in [7, 11) is 1.59. The summed E-state index contributed by atoms with van der Waals surface area (Å²) >= 11 is 12.9. The Labute approximate surface area is 183 Å². The van der Waals surface area contributed by atoms with E-state index in [-0.39, 0.29) is 11.1 Å². The van der Waals surface area contributed by atoms with Gasteiger partial charge in [0.25, 0.3) is 11.1 Å². The van der Waals surface area contributed by atoms with Crippen LogP contribution in [0.1, 0.15) is 17.5 Å². The van der Waals surface area contributed by atoms with E-state index in [0.717, 1.165) is 22.9 Å². The predicted molar refractivity (Wildman–Crippen MR) is 116 cm³/mol. The largest absolute Gasteiger partial charge is 0.489 e. The third kappa shape index (κ3) is 5.76. The first-order valence-corrected chi connectivity index (χ1v) is 10.5. The molecule has 1 fully saturated rings. The maximum atomic E-state index is 12.4. The first-order chi connectivity index (χ1) is 14.0. The van der Waals surface area contributed by atoms with Gasteiger partial charge in [0.05, 0.1) is 15.0 Å². The van der Waals surface area contributed by atoms with E-state index < -0.39 is 0 Å². The van der Waals surface area contributed by atoms with E-state index in [4.69, 9.17) is 32.7 Å². The van der Waals surface area contributed by atoms with Crippen molar-refractivity contribution < 1.29 is 19.1 Å². The molecule has 152 valence electrons. The van der Waals surface area contributed by atoms with Gasteiger partial charge in [0.2, 0.25) is 0 Å². The van der Waals surface area contributed by atoms with Crippen molar-refractivity contribution in [3.05, 3.63) is 68.5 Å². The molecule has 0 bridgehead atoms. The Morgan fingerprint density at radius 1 is 1.07 bits per heavy atom. The molecule has 0 saturated carbocycles. The number of benzene rings is 2. The average Bonchev–Trinajstić information content (AvgIpc) is 2.97. The number of amides is 2. The standard InChI is InChI=1S/C21H19Cl2NO4S/c1-27-10-2-9-24-20(25)19(29-21(24)26)12-14-3-6-16(7-4-14)28-13-15-5-8-17(22)18(23)11-15/h3-8,11-12H,2,9-10,13H2,1H3/b19-12+. The Morgan fingerprint density at radius 2 is 1.83 bits per heavy atom. The molecule has 2 aromatic rings. The Hall–Kier alpha value is -1.99. The van der Waals surface area contributed by atoms with Crippen molar-refractivity contribution in [2.75, 3.05) is 20.3 Å². The van der Waals surface area contributed by atoms with Crippen LogP contribution in [-0.4, -0.2) is 36.3 Å². The molecule has 8 heteroatoms. The fourth-order valence-corrected chi connectivity index (χ4v) is 3.85. The number of carbonyl (C=O) groups excluding carboxylic acids is 2. The molecular weight excluding hydrogens is 433 g/mol. The zero-order valence-corrected chi connectivity index (χ0v) is 18.0. The van der Waals surface area contributed by atoms with Gasteiger partial charge in [-0.3, -0.25) is 14.5 Å². The van der Waals surface area contributed by atoms with E-state index in [0.29, 0.717) is 46.9 Å². The molecule has 5 nitrogen and oxygen atoms in total. The van der Waals surface area contributed by atoms with Gasteiger partial charge in [-0.2, -0.15) is 0 Å². The van der Waals surface area contributed by atoms with E-state index in [1.165, 1.54) is 4.90 Å². The summed E-state index contributed by atoms with van der Waals surface area (Å²) in [5.41, 5.74) is 1.72. The van der Waals surface area contributed by atoms with Crippen LogP contribution in [0.2, 0.25) is 10.0 Å². The molecule has 3 rings (SSSR count). The predicted octanol–water partition coefficient (Wildman–Crippen LogP) is 5.65. The third-order valence-electron chi connectivity index (χ3n) is 4.17. The molecule has 2 aromatic carbocycles. The monoisotopic (exact) mass is 451 g/mol. The zero-order valence-electron chi connectivity index (χ0n) is 15.7. The van der Waals surface area contributed by atoms with E-state index in [1.807, 2.05) is 30.3 Å². The van der Waals surface area contributed by atoms with Crippen LogP contribution >= 0.6 is 35.0 Å². The van der Waals surface area contributed by atoms with Crippen LogP contribution < -0.4 is 4.74 Å². The van der Waals surface area contributed by atoms with Crippen LogP contribution in [0, 0.1) is 0 Å². The molecule has 1 aliphatic heterocycles. The van der Waals surface area contributed by atoms with Crippen molar-refractivity contribution in [3.63, 3.8) is 0 Å². The minimum atomic E-state index is -0.268. The molecule has 0 N–H and O–H groups in total. The second-order valence-electron chi connectivity index (χ2n) is 6.29. The van der Waals surface area contributed by atoms with Gasteiger partial charge in [-0.25, -0.2) is 0 Å². The van der Waals surface area contributed by atoms with Crippen molar-refractivity contribution in [1.29, 1.82) is 0 Å². The van der Waals surface area contributed by atoms with Crippen LogP contribution in [0.15, 0.2) is 47.4 Å². The number of halogens is 2. The van der Waals surface area contributed by atoms with Crippen molar-refractivity contribution in [2.45, 2.75) is 13.0 Å². The highest BCUT2D eigenvalue weighted by Gasteiger charge is 2.34. The van der Waals surface area contributed by atoms with Crippen molar-refractivity contribution >= 4 is 52.2 Å². The van der Waals surface area contributed by atoms with E-state index in [1.54, 1.807) is 25.3 Å². The summed E-state index contributed by atoms with van der Waals surface area (Å²) in [6.07, 6.45) is 2.33. The van der Waals surface area contributed by atoms with Crippen LogP contribution in [-0.2, 0) is 16.1 Å². The quantitative estimate of drug-likeness (QED) is 0.383. The number of rotatable bonds is 8. The van der Waals surface area contributed by atoms with Crippen molar-refractivity contribution in [2.24, 2.45) is 0 Å². The number of carbonyl (C=O) groups is 2. The summed E-state index contributed by atoms with van der Waals surface area (Å²) in [5, 5.41) is 0.737. The lowest BCUT2D eigenvalue weighted by molar-refractivity contribution is -0.122. The highest BCUT2D eigenvalue weighted by atomic mass is 35.5. The smallest absolute Gasteiger partial charge is 0.293 e. The minimum absolute atomic E-state index is 0.251. The lowest BCUT2D eigenvalue weighted by Crippen LogP contribution is -2.29. The Balaban J connectivity index is 1.60. The molecule has 0 aliphatic carbocycles. The normalized spacial score (nSPS) is 15.4. The van der Waals surface area contributed by atoms with Gasteiger partial charge in [0.15, 0.2) is 0 Å². The first kappa shape index (κ1) is 21.7. The lowest BCUT2D eigenvalue weighted by atomic mass is 10.2. The number of hydrogen-bond acceptors (Lipinski definition) is 5. The highest BCUT2D eigenvalue weighted by Crippen LogP contribution is 2.32.